The molecule has 0 atom stereocenters. The summed E-state index contributed by atoms with van der Waals surface area (Å²) in [6.45, 7) is 0.765. The molecule has 7 heteroatoms. The Hall–Kier alpha value is -3.61. The van der Waals surface area contributed by atoms with E-state index < -0.39 is 0 Å². The molecule has 0 N–H and O–H groups in total. The first-order valence-corrected chi connectivity index (χ1v) is 8.64. The second-order valence-electron chi connectivity index (χ2n) is 6.11. The molecule has 0 saturated heterocycles. The van der Waals surface area contributed by atoms with Crippen molar-refractivity contribution in [2.45, 2.75) is 6.42 Å². The first kappa shape index (κ1) is 15.6. The standard InChI is InChI=1S/C20H16N4O3/c1-2-4-14(5-3-1)8-9-25-19-12-21-11-18-22-23-20(24(18)19)15-6-7-16-17(10-15)27-13-26-16/h1-7,10-12H,8-9,13H2. The first-order chi connectivity index (χ1) is 13.4. The molecule has 0 amide bonds. The highest BCUT2D eigenvalue weighted by atomic mass is 16.7. The van der Waals surface area contributed by atoms with Crippen LogP contribution in [0.25, 0.3) is 17.0 Å². The molecular weight excluding hydrogens is 344 g/mol. The maximum Gasteiger partial charge on any atom is 0.231 e. The van der Waals surface area contributed by atoms with Gasteiger partial charge >= 0.3 is 0 Å². The van der Waals surface area contributed by atoms with Crippen LogP contribution in [0.15, 0.2) is 60.9 Å². The van der Waals surface area contributed by atoms with Crippen LogP contribution in [-0.4, -0.2) is 33.0 Å². The number of hydrogen-bond acceptors (Lipinski definition) is 6. The quantitative estimate of drug-likeness (QED) is 0.544. The van der Waals surface area contributed by atoms with E-state index in [9.17, 15) is 0 Å². The van der Waals surface area contributed by atoms with Crippen molar-refractivity contribution >= 4 is 5.65 Å². The van der Waals surface area contributed by atoms with E-state index in [0.717, 1.165) is 17.7 Å². The molecule has 7 nitrogen and oxygen atoms in total. The number of ether oxygens (including phenoxy) is 3. The minimum Gasteiger partial charge on any atom is -0.477 e. The molecule has 3 heterocycles. The Bertz CT molecular complexity index is 1100. The van der Waals surface area contributed by atoms with Gasteiger partial charge in [-0.1, -0.05) is 30.3 Å². The molecule has 0 bridgehead atoms. The number of nitrogens with zero attached hydrogens (tertiary/aromatic N) is 4. The van der Waals surface area contributed by atoms with E-state index in [2.05, 4.69) is 27.3 Å². The van der Waals surface area contributed by atoms with Gasteiger partial charge in [0.1, 0.15) is 0 Å². The van der Waals surface area contributed by atoms with Gasteiger partial charge in [0.25, 0.3) is 0 Å². The summed E-state index contributed by atoms with van der Waals surface area (Å²) >= 11 is 0. The van der Waals surface area contributed by atoms with Gasteiger partial charge < -0.3 is 14.2 Å². The largest absolute Gasteiger partial charge is 0.477 e. The first-order valence-electron chi connectivity index (χ1n) is 8.64. The van der Waals surface area contributed by atoms with Crippen molar-refractivity contribution in [2.24, 2.45) is 0 Å². The summed E-state index contributed by atoms with van der Waals surface area (Å²) in [6.07, 6.45) is 4.14. The fourth-order valence-corrected chi connectivity index (χ4v) is 3.07. The van der Waals surface area contributed by atoms with Gasteiger partial charge in [0.05, 0.1) is 19.0 Å². The Morgan fingerprint density at radius 1 is 0.963 bits per heavy atom. The van der Waals surface area contributed by atoms with Crippen molar-refractivity contribution in [1.29, 1.82) is 0 Å². The summed E-state index contributed by atoms with van der Waals surface area (Å²) in [5, 5.41) is 8.53. The minimum atomic E-state index is 0.233. The maximum atomic E-state index is 6.00. The lowest BCUT2D eigenvalue weighted by Gasteiger charge is -2.10. The van der Waals surface area contributed by atoms with Crippen molar-refractivity contribution in [1.82, 2.24) is 19.6 Å². The molecule has 4 aromatic rings. The van der Waals surface area contributed by atoms with Crippen molar-refractivity contribution in [3.63, 3.8) is 0 Å². The van der Waals surface area contributed by atoms with E-state index >= 15 is 0 Å². The number of hydrogen-bond donors (Lipinski definition) is 0. The van der Waals surface area contributed by atoms with Crippen LogP contribution in [0.3, 0.4) is 0 Å². The molecule has 0 radical (unpaired) electrons. The molecule has 2 aromatic carbocycles. The Morgan fingerprint density at radius 2 is 1.85 bits per heavy atom. The normalized spacial score (nSPS) is 12.4. The van der Waals surface area contributed by atoms with E-state index in [0.29, 0.717) is 29.7 Å². The predicted octanol–water partition coefficient (Wildman–Crippen LogP) is 3.14. The number of benzene rings is 2. The van der Waals surface area contributed by atoms with E-state index in [4.69, 9.17) is 14.2 Å². The number of aromatic nitrogens is 4. The summed E-state index contributed by atoms with van der Waals surface area (Å²) in [5.41, 5.74) is 2.71. The zero-order valence-corrected chi connectivity index (χ0v) is 14.4. The van der Waals surface area contributed by atoms with Crippen molar-refractivity contribution < 1.29 is 14.2 Å². The zero-order chi connectivity index (χ0) is 18.1. The van der Waals surface area contributed by atoms with E-state index in [1.807, 2.05) is 40.8 Å². The van der Waals surface area contributed by atoms with Gasteiger partial charge in [-0.3, -0.25) is 4.98 Å². The summed E-state index contributed by atoms with van der Waals surface area (Å²) in [7, 11) is 0. The molecule has 0 unspecified atom stereocenters. The highest BCUT2D eigenvalue weighted by Gasteiger charge is 2.18. The molecule has 0 aliphatic carbocycles. The highest BCUT2D eigenvalue weighted by molar-refractivity contribution is 5.64. The molecule has 2 aromatic heterocycles. The van der Waals surface area contributed by atoms with Gasteiger partial charge in [0.15, 0.2) is 23.0 Å². The van der Waals surface area contributed by atoms with Crippen LogP contribution in [0.1, 0.15) is 5.56 Å². The van der Waals surface area contributed by atoms with Crippen molar-refractivity contribution in [2.75, 3.05) is 13.4 Å². The summed E-state index contributed by atoms with van der Waals surface area (Å²) in [5.74, 6) is 2.69. The lowest BCUT2D eigenvalue weighted by atomic mass is 10.2. The smallest absolute Gasteiger partial charge is 0.231 e. The average Bonchev–Trinajstić information content (AvgIpc) is 3.35. The molecule has 1 aliphatic rings. The fraction of sp³-hybridized carbons (Fsp3) is 0.150. The summed E-state index contributed by atoms with van der Waals surface area (Å²) in [6, 6.07) is 15.9. The van der Waals surface area contributed by atoms with Crippen molar-refractivity contribution in [3.05, 3.63) is 66.5 Å². The monoisotopic (exact) mass is 360 g/mol. The van der Waals surface area contributed by atoms with Gasteiger partial charge in [0, 0.05) is 12.0 Å². The molecule has 0 fully saturated rings. The van der Waals surface area contributed by atoms with Crippen LogP contribution in [0.5, 0.6) is 17.4 Å². The van der Waals surface area contributed by atoms with Gasteiger partial charge in [0.2, 0.25) is 12.7 Å². The molecule has 134 valence electrons. The maximum absolute atomic E-state index is 6.00. The summed E-state index contributed by atoms with van der Waals surface area (Å²) in [4.78, 5) is 4.21. The van der Waals surface area contributed by atoms with Crippen LogP contribution in [0.4, 0.5) is 0 Å². The molecule has 27 heavy (non-hydrogen) atoms. The number of rotatable bonds is 5. The van der Waals surface area contributed by atoms with Crippen molar-refractivity contribution in [3.8, 4) is 28.8 Å². The summed E-state index contributed by atoms with van der Waals surface area (Å²) < 4.78 is 18.7. The average molecular weight is 360 g/mol. The molecular formula is C20H16N4O3. The van der Waals surface area contributed by atoms with Crippen LogP contribution in [0.2, 0.25) is 0 Å². The topological polar surface area (TPSA) is 70.8 Å². The zero-order valence-electron chi connectivity index (χ0n) is 14.4. The SMILES string of the molecule is c1ccc(CCOc2cncc3nnc(-c4ccc5c(c4)OCO5)n23)cc1. The van der Waals surface area contributed by atoms with Gasteiger partial charge in [-0.15, -0.1) is 10.2 Å². The highest BCUT2D eigenvalue weighted by Crippen LogP contribution is 2.36. The van der Waals surface area contributed by atoms with E-state index in [-0.39, 0.29) is 6.79 Å². The Balaban J connectivity index is 1.46. The third kappa shape index (κ3) is 2.93. The lowest BCUT2D eigenvalue weighted by Crippen LogP contribution is -2.06. The minimum absolute atomic E-state index is 0.233. The second-order valence-corrected chi connectivity index (χ2v) is 6.11. The Kier molecular flexibility index (Phi) is 3.82. The third-order valence-corrected chi connectivity index (χ3v) is 4.40. The van der Waals surface area contributed by atoms with E-state index in [1.165, 1.54) is 5.56 Å². The van der Waals surface area contributed by atoms with Crippen LogP contribution < -0.4 is 14.2 Å². The fourth-order valence-electron chi connectivity index (χ4n) is 3.07. The lowest BCUT2D eigenvalue weighted by molar-refractivity contribution is 0.174. The van der Waals surface area contributed by atoms with Crippen LogP contribution in [-0.2, 0) is 6.42 Å². The predicted molar refractivity (Wildman–Crippen MR) is 98.0 cm³/mol. The molecule has 1 aliphatic heterocycles. The molecule has 5 rings (SSSR count). The second kappa shape index (κ2) is 6.60. The van der Waals surface area contributed by atoms with Gasteiger partial charge in [-0.05, 0) is 23.8 Å². The van der Waals surface area contributed by atoms with E-state index in [1.54, 1.807) is 12.4 Å². The molecule has 0 saturated carbocycles. The number of fused-ring (bicyclic) bond motifs is 2. The third-order valence-electron chi connectivity index (χ3n) is 4.40. The Morgan fingerprint density at radius 3 is 2.78 bits per heavy atom. The van der Waals surface area contributed by atoms with Crippen LogP contribution in [0, 0.1) is 0 Å². The van der Waals surface area contributed by atoms with Crippen LogP contribution >= 0.6 is 0 Å². The Labute approximate surface area is 155 Å². The van der Waals surface area contributed by atoms with Gasteiger partial charge in [-0.25, -0.2) is 4.40 Å². The van der Waals surface area contributed by atoms with Gasteiger partial charge in [-0.2, -0.15) is 0 Å². The molecule has 0 spiro atoms.